The molecule has 6 nitrogen and oxygen atoms in total. The van der Waals surface area contributed by atoms with E-state index in [1.165, 1.54) is 16.9 Å². The minimum atomic E-state index is -0.255. The first-order valence-corrected chi connectivity index (χ1v) is 9.49. The van der Waals surface area contributed by atoms with Crippen LogP contribution < -0.4 is 19.6 Å². The van der Waals surface area contributed by atoms with Crippen LogP contribution in [0.25, 0.3) is 11.1 Å². The molecule has 0 saturated carbocycles. The number of ether oxygens (including phenoxy) is 3. The summed E-state index contributed by atoms with van der Waals surface area (Å²) in [5.74, 6) is 1.47. The Kier molecular flexibility index (Phi) is 4.99. The molecule has 2 heterocycles. The van der Waals surface area contributed by atoms with Crippen LogP contribution in [0.3, 0.4) is 0 Å². The van der Waals surface area contributed by atoms with Crippen molar-refractivity contribution in [1.29, 1.82) is 0 Å². The van der Waals surface area contributed by atoms with Gasteiger partial charge in [-0.1, -0.05) is 29.8 Å². The molecule has 4 rings (SSSR count). The second-order valence-electron chi connectivity index (χ2n) is 6.19. The molecule has 2 aromatic carbocycles. The van der Waals surface area contributed by atoms with E-state index in [0.29, 0.717) is 22.1 Å². The summed E-state index contributed by atoms with van der Waals surface area (Å²) in [5, 5.41) is 5.98. The highest BCUT2D eigenvalue weighted by molar-refractivity contribution is 7.12. The number of nitrogens with zero attached hydrogens (tertiary/aromatic N) is 1. The lowest BCUT2D eigenvalue weighted by atomic mass is 10.1. The Morgan fingerprint density at radius 1 is 1.21 bits per heavy atom. The normalized spacial score (nSPS) is 12.4. The number of carbonyl (C=O) groups is 1. The van der Waals surface area contributed by atoms with E-state index in [2.05, 4.69) is 10.5 Å². The Balaban J connectivity index is 1.50. The lowest BCUT2D eigenvalue weighted by molar-refractivity contribution is 0.0959. The average molecular weight is 394 g/mol. The van der Waals surface area contributed by atoms with Gasteiger partial charge in [-0.2, -0.15) is 5.10 Å². The van der Waals surface area contributed by atoms with Crippen molar-refractivity contribution in [2.24, 2.45) is 5.10 Å². The maximum atomic E-state index is 12.6. The third-order valence-corrected chi connectivity index (χ3v) is 5.21. The predicted molar refractivity (Wildman–Crippen MR) is 109 cm³/mol. The molecular weight excluding hydrogens is 376 g/mol. The fourth-order valence-electron chi connectivity index (χ4n) is 2.89. The third kappa shape index (κ3) is 3.57. The van der Waals surface area contributed by atoms with Crippen LogP contribution in [0, 0.1) is 6.92 Å². The highest BCUT2D eigenvalue weighted by atomic mass is 32.1. The lowest BCUT2D eigenvalue weighted by Crippen LogP contribution is -2.17. The summed E-state index contributed by atoms with van der Waals surface area (Å²) < 4.78 is 16.1. The van der Waals surface area contributed by atoms with Crippen LogP contribution in [-0.4, -0.2) is 26.0 Å². The van der Waals surface area contributed by atoms with Crippen LogP contribution in [0.4, 0.5) is 0 Å². The molecule has 0 radical (unpaired) electrons. The van der Waals surface area contributed by atoms with E-state index in [1.807, 2.05) is 42.6 Å². The van der Waals surface area contributed by atoms with Crippen molar-refractivity contribution in [3.05, 3.63) is 63.8 Å². The van der Waals surface area contributed by atoms with Gasteiger partial charge in [0.05, 0.1) is 13.3 Å². The summed E-state index contributed by atoms with van der Waals surface area (Å²) >= 11 is 1.38. The Bertz CT molecular complexity index is 1040. The van der Waals surface area contributed by atoms with Gasteiger partial charge in [-0.25, -0.2) is 5.43 Å². The van der Waals surface area contributed by atoms with Crippen molar-refractivity contribution < 1.29 is 19.0 Å². The molecule has 0 unspecified atom stereocenters. The number of methoxy groups -OCH3 is 1. The zero-order valence-corrected chi connectivity index (χ0v) is 16.2. The van der Waals surface area contributed by atoms with Gasteiger partial charge in [-0.05, 0) is 36.1 Å². The Hall–Kier alpha value is -3.32. The van der Waals surface area contributed by atoms with E-state index in [-0.39, 0.29) is 12.7 Å². The van der Waals surface area contributed by atoms with Crippen LogP contribution in [0.1, 0.15) is 20.8 Å². The number of rotatable bonds is 5. The van der Waals surface area contributed by atoms with Crippen molar-refractivity contribution in [2.75, 3.05) is 13.9 Å². The molecule has 1 aromatic heterocycles. The average Bonchev–Trinajstić information content (AvgIpc) is 3.37. The predicted octanol–water partition coefficient (Wildman–Crippen LogP) is 4.22. The molecule has 0 atom stereocenters. The maximum absolute atomic E-state index is 12.6. The van der Waals surface area contributed by atoms with Gasteiger partial charge in [-0.3, -0.25) is 4.79 Å². The van der Waals surface area contributed by atoms with Crippen molar-refractivity contribution >= 4 is 23.5 Å². The van der Waals surface area contributed by atoms with Crippen LogP contribution in [-0.2, 0) is 0 Å². The molecule has 1 N–H and O–H groups in total. The number of hydrazone groups is 1. The summed E-state index contributed by atoms with van der Waals surface area (Å²) in [6.45, 7) is 2.19. The fraction of sp³-hybridized carbons (Fsp3) is 0.143. The topological polar surface area (TPSA) is 69.2 Å². The highest BCUT2D eigenvalue weighted by Gasteiger charge is 2.19. The summed E-state index contributed by atoms with van der Waals surface area (Å²) in [7, 11) is 1.56. The molecule has 0 saturated heterocycles. The zero-order valence-electron chi connectivity index (χ0n) is 15.4. The first-order valence-electron chi connectivity index (χ1n) is 8.61. The highest BCUT2D eigenvalue weighted by Crippen LogP contribution is 2.41. The number of nitrogens with one attached hydrogen (secondary N) is 1. The molecule has 0 aliphatic carbocycles. The van der Waals surface area contributed by atoms with Crippen molar-refractivity contribution in [3.8, 4) is 28.4 Å². The Morgan fingerprint density at radius 3 is 2.82 bits per heavy atom. The largest absolute Gasteiger partial charge is 0.493 e. The van der Waals surface area contributed by atoms with Crippen molar-refractivity contribution in [1.82, 2.24) is 5.43 Å². The van der Waals surface area contributed by atoms with Gasteiger partial charge in [0.15, 0.2) is 11.5 Å². The summed E-state index contributed by atoms with van der Waals surface area (Å²) in [6.07, 6.45) is 1.54. The minimum Gasteiger partial charge on any atom is -0.493 e. The van der Waals surface area contributed by atoms with Gasteiger partial charge in [-0.15, -0.1) is 11.3 Å². The number of hydrogen-bond donors (Lipinski definition) is 1. The molecule has 28 heavy (non-hydrogen) atoms. The summed E-state index contributed by atoms with van der Waals surface area (Å²) in [5.41, 5.74) is 6.38. The molecule has 0 spiro atoms. The van der Waals surface area contributed by atoms with Crippen LogP contribution in [0.2, 0.25) is 0 Å². The number of thiophene rings is 1. The Labute approximate surface area is 166 Å². The van der Waals surface area contributed by atoms with E-state index in [9.17, 15) is 4.79 Å². The number of fused-ring (bicyclic) bond motifs is 1. The zero-order chi connectivity index (χ0) is 19.5. The van der Waals surface area contributed by atoms with E-state index < -0.39 is 0 Å². The molecule has 3 aromatic rings. The number of aryl methyl sites for hydroxylation is 1. The first-order chi connectivity index (χ1) is 13.7. The summed E-state index contributed by atoms with van der Waals surface area (Å²) in [6, 6.07) is 13.6. The van der Waals surface area contributed by atoms with Crippen molar-refractivity contribution in [2.45, 2.75) is 6.92 Å². The van der Waals surface area contributed by atoms with Crippen molar-refractivity contribution in [3.63, 3.8) is 0 Å². The van der Waals surface area contributed by atoms with E-state index in [0.717, 1.165) is 16.7 Å². The van der Waals surface area contributed by atoms with Crippen LogP contribution in [0.15, 0.2) is 52.9 Å². The summed E-state index contributed by atoms with van der Waals surface area (Å²) in [4.78, 5) is 13.2. The SMILES string of the molecule is COc1cc(/C=N\NC(=O)c2sccc2-c2ccc(C)cc2)cc2c1OCO2. The third-order valence-electron chi connectivity index (χ3n) is 4.29. The molecule has 7 heteroatoms. The molecule has 1 aliphatic rings. The van der Waals surface area contributed by atoms with Gasteiger partial charge in [0.1, 0.15) is 4.88 Å². The molecule has 0 bridgehead atoms. The standard InChI is InChI=1S/C21H18N2O4S/c1-13-3-5-15(6-4-13)16-7-8-28-20(16)21(24)23-22-11-14-9-17(25-2)19-18(10-14)26-12-27-19/h3-11H,12H2,1-2H3,(H,23,24)/b22-11-. The van der Waals surface area contributed by atoms with E-state index in [1.54, 1.807) is 25.5 Å². The molecule has 142 valence electrons. The monoisotopic (exact) mass is 394 g/mol. The molecular formula is C21H18N2O4S. The number of hydrogen-bond acceptors (Lipinski definition) is 6. The number of benzene rings is 2. The lowest BCUT2D eigenvalue weighted by Gasteiger charge is -2.06. The number of carbonyl (C=O) groups excluding carboxylic acids is 1. The van der Waals surface area contributed by atoms with Gasteiger partial charge in [0.25, 0.3) is 5.91 Å². The minimum absolute atomic E-state index is 0.156. The van der Waals surface area contributed by atoms with Crippen LogP contribution in [0.5, 0.6) is 17.2 Å². The van der Waals surface area contributed by atoms with Gasteiger partial charge >= 0.3 is 0 Å². The van der Waals surface area contributed by atoms with E-state index >= 15 is 0 Å². The fourth-order valence-corrected chi connectivity index (χ4v) is 3.69. The first kappa shape index (κ1) is 18.1. The molecule has 1 amide bonds. The Morgan fingerprint density at radius 2 is 2.04 bits per heavy atom. The maximum Gasteiger partial charge on any atom is 0.282 e. The van der Waals surface area contributed by atoms with Gasteiger partial charge in [0, 0.05) is 11.1 Å². The number of amides is 1. The molecule has 1 aliphatic heterocycles. The molecule has 0 fully saturated rings. The second kappa shape index (κ2) is 7.74. The smallest absolute Gasteiger partial charge is 0.282 e. The second-order valence-corrected chi connectivity index (χ2v) is 7.10. The van der Waals surface area contributed by atoms with Crippen LogP contribution >= 0.6 is 11.3 Å². The quantitative estimate of drug-likeness (QED) is 0.520. The van der Waals surface area contributed by atoms with E-state index in [4.69, 9.17) is 14.2 Å². The van der Waals surface area contributed by atoms with Gasteiger partial charge < -0.3 is 14.2 Å². The van der Waals surface area contributed by atoms with Gasteiger partial charge in [0.2, 0.25) is 12.5 Å².